The molecule has 1 saturated carbocycles. The Kier molecular flexibility index (Phi) is 6.16. The maximum Gasteiger partial charge on any atom is 0.239 e. The first-order chi connectivity index (χ1) is 12.5. The van der Waals surface area contributed by atoms with Crippen LogP contribution in [-0.2, 0) is 4.79 Å². The van der Waals surface area contributed by atoms with Gasteiger partial charge in [0.1, 0.15) is 11.6 Å². The van der Waals surface area contributed by atoms with Gasteiger partial charge in [-0.25, -0.2) is 9.07 Å². The van der Waals surface area contributed by atoms with E-state index in [0.29, 0.717) is 22.4 Å². The molecule has 0 bridgehead atoms. The maximum absolute atomic E-state index is 13.7. The van der Waals surface area contributed by atoms with Crippen molar-refractivity contribution in [2.75, 3.05) is 11.9 Å². The van der Waals surface area contributed by atoms with Crippen molar-refractivity contribution in [1.29, 1.82) is 0 Å². The normalized spacial score (nSPS) is 16.0. The third kappa shape index (κ3) is 4.37. The zero-order valence-corrected chi connectivity index (χ0v) is 15.9. The lowest BCUT2D eigenvalue weighted by molar-refractivity contribution is -0.115. The minimum Gasteiger partial charge on any atom is -0.310 e. The third-order valence-corrected chi connectivity index (χ3v) is 5.30. The molecule has 140 valence electrons. The Morgan fingerprint density at radius 3 is 2.81 bits per heavy atom. The summed E-state index contributed by atoms with van der Waals surface area (Å²) in [5.41, 5.74) is 0.553. The highest BCUT2D eigenvalue weighted by Crippen LogP contribution is 2.31. The lowest BCUT2D eigenvalue weighted by Gasteiger charge is -2.17. The largest absolute Gasteiger partial charge is 0.310 e. The van der Waals surface area contributed by atoms with E-state index in [0.717, 1.165) is 12.8 Å². The predicted octanol–water partition coefficient (Wildman–Crippen LogP) is 4.73. The van der Waals surface area contributed by atoms with E-state index < -0.39 is 5.82 Å². The highest BCUT2D eigenvalue weighted by Gasteiger charge is 2.21. The zero-order chi connectivity index (χ0) is 18.7. The van der Waals surface area contributed by atoms with Gasteiger partial charge < -0.3 is 10.6 Å². The number of carbonyl (C=O) groups excluding carboxylic acids is 1. The van der Waals surface area contributed by atoms with Crippen LogP contribution in [0.15, 0.2) is 24.4 Å². The van der Waals surface area contributed by atoms with Gasteiger partial charge in [0.2, 0.25) is 5.91 Å². The molecule has 1 atom stereocenters. The lowest BCUT2D eigenvalue weighted by Crippen LogP contribution is -2.31. The first-order valence-corrected chi connectivity index (χ1v) is 9.42. The van der Waals surface area contributed by atoms with Crippen LogP contribution < -0.4 is 10.6 Å². The molecule has 8 heteroatoms. The van der Waals surface area contributed by atoms with Crippen molar-refractivity contribution in [3.8, 4) is 0 Å². The number of rotatable bonds is 6. The van der Waals surface area contributed by atoms with Crippen LogP contribution in [0.4, 0.5) is 10.2 Å². The Labute approximate surface area is 161 Å². The van der Waals surface area contributed by atoms with Gasteiger partial charge in [-0.2, -0.15) is 5.10 Å². The maximum atomic E-state index is 13.7. The predicted molar refractivity (Wildman–Crippen MR) is 101 cm³/mol. The molecule has 5 nitrogen and oxygen atoms in total. The van der Waals surface area contributed by atoms with Gasteiger partial charge in [-0.1, -0.05) is 36.0 Å². The van der Waals surface area contributed by atoms with Crippen LogP contribution in [0.5, 0.6) is 0 Å². The molecule has 1 aromatic carbocycles. The molecule has 0 saturated heterocycles. The van der Waals surface area contributed by atoms with Crippen molar-refractivity contribution in [2.45, 2.75) is 44.7 Å². The lowest BCUT2D eigenvalue weighted by atomic mass is 10.1. The number of carbonyl (C=O) groups is 1. The zero-order valence-electron chi connectivity index (χ0n) is 14.4. The molecule has 2 aromatic rings. The standard InChI is InChI=1S/C18H21Cl2FN4O/c1-11(13-8-16(21)15(20)9-14(13)19)22-10-18(26)24-17-6-7-23-25(17)12-4-2-3-5-12/h6-9,11-12,22H,2-5,10H2,1H3,(H,24,26)/t11-/m1/s1. The molecule has 1 aliphatic carbocycles. The van der Waals surface area contributed by atoms with Gasteiger partial charge >= 0.3 is 0 Å². The number of halogens is 3. The Morgan fingerprint density at radius 2 is 2.08 bits per heavy atom. The van der Waals surface area contributed by atoms with Crippen molar-refractivity contribution in [3.05, 3.63) is 45.8 Å². The van der Waals surface area contributed by atoms with E-state index in [9.17, 15) is 9.18 Å². The van der Waals surface area contributed by atoms with Crippen LogP contribution in [-0.4, -0.2) is 22.2 Å². The number of hydrogen-bond donors (Lipinski definition) is 2. The summed E-state index contributed by atoms with van der Waals surface area (Å²) in [7, 11) is 0. The summed E-state index contributed by atoms with van der Waals surface area (Å²) in [6.45, 7) is 1.88. The van der Waals surface area contributed by atoms with Gasteiger partial charge in [-0.15, -0.1) is 0 Å². The van der Waals surface area contributed by atoms with Crippen molar-refractivity contribution < 1.29 is 9.18 Å². The van der Waals surface area contributed by atoms with Crippen LogP contribution >= 0.6 is 23.2 Å². The van der Waals surface area contributed by atoms with Gasteiger partial charge in [0, 0.05) is 17.1 Å². The minimum atomic E-state index is -0.537. The van der Waals surface area contributed by atoms with Gasteiger partial charge in [-0.3, -0.25) is 4.79 Å². The number of benzene rings is 1. The topological polar surface area (TPSA) is 59.0 Å². The Hall–Kier alpha value is -1.63. The fourth-order valence-electron chi connectivity index (χ4n) is 3.27. The van der Waals surface area contributed by atoms with Crippen molar-refractivity contribution >= 4 is 34.9 Å². The van der Waals surface area contributed by atoms with Gasteiger partial charge in [0.15, 0.2) is 0 Å². The molecule has 0 radical (unpaired) electrons. The summed E-state index contributed by atoms with van der Waals surface area (Å²) in [6, 6.07) is 4.50. The van der Waals surface area contributed by atoms with E-state index in [-0.39, 0.29) is 23.5 Å². The number of nitrogens with one attached hydrogen (secondary N) is 2. The molecular formula is C18H21Cl2FN4O. The average Bonchev–Trinajstić information content (AvgIpc) is 3.27. The number of anilines is 1. The quantitative estimate of drug-likeness (QED) is 0.691. The summed E-state index contributed by atoms with van der Waals surface area (Å²) < 4.78 is 15.5. The molecule has 2 N–H and O–H groups in total. The molecule has 1 fully saturated rings. The van der Waals surface area contributed by atoms with Crippen LogP contribution in [0.25, 0.3) is 0 Å². The fraction of sp³-hybridized carbons (Fsp3) is 0.444. The van der Waals surface area contributed by atoms with Crippen LogP contribution in [0.1, 0.15) is 50.3 Å². The second kappa shape index (κ2) is 8.37. The summed E-state index contributed by atoms with van der Waals surface area (Å²) in [5.74, 6) is -0.0290. The second-order valence-corrected chi connectivity index (χ2v) is 7.35. The highest BCUT2D eigenvalue weighted by atomic mass is 35.5. The highest BCUT2D eigenvalue weighted by molar-refractivity contribution is 6.35. The van der Waals surface area contributed by atoms with E-state index in [1.807, 2.05) is 11.6 Å². The summed E-state index contributed by atoms with van der Waals surface area (Å²) in [4.78, 5) is 12.3. The number of aromatic nitrogens is 2. The monoisotopic (exact) mass is 398 g/mol. The number of amides is 1. The van der Waals surface area contributed by atoms with Gasteiger partial charge in [0.05, 0.1) is 23.8 Å². The average molecular weight is 399 g/mol. The molecule has 1 heterocycles. The van der Waals surface area contributed by atoms with Gasteiger partial charge in [-0.05, 0) is 37.5 Å². The van der Waals surface area contributed by atoms with Crippen molar-refractivity contribution in [2.24, 2.45) is 0 Å². The van der Waals surface area contributed by atoms with Crippen molar-refractivity contribution in [1.82, 2.24) is 15.1 Å². The first-order valence-electron chi connectivity index (χ1n) is 8.67. The summed E-state index contributed by atoms with van der Waals surface area (Å²) in [6.07, 6.45) is 6.24. The van der Waals surface area contributed by atoms with Gasteiger partial charge in [0.25, 0.3) is 0 Å². The van der Waals surface area contributed by atoms with Crippen LogP contribution in [0, 0.1) is 5.82 Å². The van der Waals surface area contributed by atoms with E-state index in [4.69, 9.17) is 23.2 Å². The molecule has 26 heavy (non-hydrogen) atoms. The second-order valence-electron chi connectivity index (χ2n) is 6.54. The smallest absolute Gasteiger partial charge is 0.239 e. The Bertz CT molecular complexity index is 789. The van der Waals surface area contributed by atoms with E-state index in [1.165, 1.54) is 25.0 Å². The molecule has 0 unspecified atom stereocenters. The Morgan fingerprint density at radius 1 is 1.35 bits per heavy atom. The SMILES string of the molecule is C[C@@H](NCC(=O)Nc1ccnn1C1CCCC1)c1cc(F)c(Cl)cc1Cl. The van der Waals surface area contributed by atoms with E-state index in [1.54, 1.807) is 12.3 Å². The molecular weight excluding hydrogens is 378 g/mol. The van der Waals surface area contributed by atoms with Crippen LogP contribution in [0.3, 0.4) is 0 Å². The first kappa shape index (κ1) is 19.1. The molecule has 0 aliphatic heterocycles. The van der Waals surface area contributed by atoms with E-state index >= 15 is 0 Å². The van der Waals surface area contributed by atoms with E-state index in [2.05, 4.69) is 15.7 Å². The summed E-state index contributed by atoms with van der Waals surface area (Å²) in [5, 5.41) is 10.6. The Balaban J connectivity index is 1.58. The summed E-state index contributed by atoms with van der Waals surface area (Å²) >= 11 is 11.8. The fourth-order valence-corrected chi connectivity index (χ4v) is 3.81. The molecule has 0 spiro atoms. The molecule has 3 rings (SSSR count). The number of hydrogen-bond acceptors (Lipinski definition) is 3. The number of nitrogens with zero attached hydrogens (tertiary/aromatic N) is 2. The molecule has 1 aromatic heterocycles. The van der Waals surface area contributed by atoms with Crippen LogP contribution in [0.2, 0.25) is 10.0 Å². The molecule has 1 aliphatic rings. The van der Waals surface area contributed by atoms with Crippen molar-refractivity contribution in [3.63, 3.8) is 0 Å². The third-order valence-electron chi connectivity index (χ3n) is 4.68. The minimum absolute atomic E-state index is 0.0242. The molecule has 1 amide bonds.